The molecule has 2 saturated carbocycles. The van der Waals surface area contributed by atoms with Crippen molar-refractivity contribution in [3.8, 4) is 5.75 Å². The molecule has 2 heteroatoms. The monoisotopic (exact) mass is 257 g/mol. The Morgan fingerprint density at radius 3 is 2.89 bits per heavy atom. The molecular weight excluding hydrogens is 234 g/mol. The number of aryl methyl sites for hydroxylation is 1. The second kappa shape index (κ2) is 5.36. The molecule has 1 N–H and O–H groups in total. The molecule has 102 valence electrons. The Kier molecular flexibility index (Phi) is 3.58. The molecule has 0 aromatic heterocycles. The average molecular weight is 257 g/mol. The summed E-state index contributed by atoms with van der Waals surface area (Å²) >= 11 is 0. The van der Waals surface area contributed by atoms with Crippen molar-refractivity contribution >= 4 is 6.21 Å². The summed E-state index contributed by atoms with van der Waals surface area (Å²) in [5, 5.41) is 9.99. The lowest BCUT2D eigenvalue weighted by Crippen LogP contribution is -2.23. The number of hydrogen-bond acceptors (Lipinski definition) is 2. The van der Waals surface area contributed by atoms with Crippen molar-refractivity contribution in [3.63, 3.8) is 0 Å². The molecule has 19 heavy (non-hydrogen) atoms. The maximum absolute atomic E-state index is 9.99. The van der Waals surface area contributed by atoms with E-state index in [1.165, 1.54) is 38.5 Å². The Morgan fingerprint density at radius 1 is 1.16 bits per heavy atom. The van der Waals surface area contributed by atoms with E-state index in [2.05, 4.69) is 0 Å². The molecule has 0 saturated heterocycles. The van der Waals surface area contributed by atoms with E-state index >= 15 is 0 Å². The number of rotatable bonds is 2. The van der Waals surface area contributed by atoms with E-state index in [1.54, 1.807) is 0 Å². The standard InChI is InChI=1S/C17H23NO/c1-12-4-2-7-15(17(12)19)11-18-16-9-8-13-5-3-6-14(13)10-16/h2,4,7,11,13-14,16,19H,3,5-6,8-10H2,1H3. The van der Waals surface area contributed by atoms with Crippen LogP contribution in [0.2, 0.25) is 0 Å². The van der Waals surface area contributed by atoms with Crippen molar-refractivity contribution in [3.05, 3.63) is 29.3 Å². The topological polar surface area (TPSA) is 32.6 Å². The number of aliphatic imine (C=N–C) groups is 1. The molecule has 0 radical (unpaired) electrons. The lowest BCUT2D eigenvalue weighted by Gasteiger charge is -2.29. The van der Waals surface area contributed by atoms with Crippen LogP contribution in [-0.4, -0.2) is 17.4 Å². The lowest BCUT2D eigenvalue weighted by atomic mass is 9.79. The van der Waals surface area contributed by atoms with Crippen LogP contribution in [-0.2, 0) is 0 Å². The molecule has 0 amide bonds. The highest BCUT2D eigenvalue weighted by Gasteiger charge is 2.33. The largest absolute Gasteiger partial charge is 0.507 e. The highest BCUT2D eigenvalue weighted by molar-refractivity contribution is 5.84. The van der Waals surface area contributed by atoms with Crippen LogP contribution in [0.4, 0.5) is 0 Å². The van der Waals surface area contributed by atoms with Gasteiger partial charge in [-0.2, -0.15) is 0 Å². The third kappa shape index (κ3) is 2.68. The minimum Gasteiger partial charge on any atom is -0.507 e. The summed E-state index contributed by atoms with van der Waals surface area (Å²) < 4.78 is 0. The van der Waals surface area contributed by atoms with E-state index in [-0.39, 0.29) is 0 Å². The highest BCUT2D eigenvalue weighted by atomic mass is 16.3. The van der Waals surface area contributed by atoms with Gasteiger partial charge >= 0.3 is 0 Å². The summed E-state index contributed by atoms with van der Waals surface area (Å²) in [4.78, 5) is 4.73. The van der Waals surface area contributed by atoms with Crippen molar-refractivity contribution in [1.82, 2.24) is 0 Å². The van der Waals surface area contributed by atoms with Gasteiger partial charge in [0.2, 0.25) is 0 Å². The molecule has 2 aliphatic carbocycles. The van der Waals surface area contributed by atoms with Crippen LogP contribution < -0.4 is 0 Å². The zero-order chi connectivity index (χ0) is 13.2. The summed E-state index contributed by atoms with van der Waals surface area (Å²) in [7, 11) is 0. The minimum absolute atomic E-state index is 0.376. The van der Waals surface area contributed by atoms with Crippen molar-refractivity contribution in [2.24, 2.45) is 16.8 Å². The van der Waals surface area contributed by atoms with Crippen LogP contribution in [0, 0.1) is 18.8 Å². The van der Waals surface area contributed by atoms with E-state index in [9.17, 15) is 5.11 Å². The Hall–Kier alpha value is -1.31. The molecule has 2 aliphatic rings. The third-order valence-electron chi connectivity index (χ3n) is 4.96. The zero-order valence-electron chi connectivity index (χ0n) is 11.7. The summed E-state index contributed by atoms with van der Waals surface area (Å²) in [6.07, 6.45) is 9.99. The van der Waals surface area contributed by atoms with Crippen LogP contribution in [0.25, 0.3) is 0 Å². The lowest BCUT2D eigenvalue weighted by molar-refractivity contribution is 0.253. The number of phenolic OH excluding ortho intramolecular Hbond substituents is 1. The Balaban J connectivity index is 1.67. The zero-order valence-corrected chi connectivity index (χ0v) is 11.7. The third-order valence-corrected chi connectivity index (χ3v) is 4.96. The molecular formula is C17H23NO. The van der Waals surface area contributed by atoms with Gasteiger partial charge in [-0.15, -0.1) is 0 Å². The van der Waals surface area contributed by atoms with E-state index < -0.39 is 0 Å². The summed E-state index contributed by atoms with van der Waals surface area (Å²) in [6.45, 7) is 1.93. The Morgan fingerprint density at radius 2 is 2.00 bits per heavy atom. The number of phenols is 1. The first-order valence-electron chi connectivity index (χ1n) is 7.56. The number of para-hydroxylation sites is 1. The van der Waals surface area contributed by atoms with Gasteiger partial charge in [-0.25, -0.2) is 0 Å². The molecule has 2 nitrogen and oxygen atoms in total. The van der Waals surface area contributed by atoms with Crippen molar-refractivity contribution in [1.29, 1.82) is 0 Å². The fraction of sp³-hybridized carbons (Fsp3) is 0.588. The van der Waals surface area contributed by atoms with Gasteiger partial charge in [0.25, 0.3) is 0 Å². The summed E-state index contributed by atoms with van der Waals surface area (Å²) in [5.41, 5.74) is 1.77. The number of aromatic hydroxyl groups is 1. The van der Waals surface area contributed by atoms with Gasteiger partial charge < -0.3 is 5.11 Å². The molecule has 2 fully saturated rings. The average Bonchev–Trinajstić information content (AvgIpc) is 2.88. The Labute approximate surface area is 115 Å². The molecule has 0 bridgehead atoms. The van der Waals surface area contributed by atoms with Gasteiger partial charge in [0.15, 0.2) is 0 Å². The second-order valence-electron chi connectivity index (χ2n) is 6.21. The fourth-order valence-electron chi connectivity index (χ4n) is 3.78. The van der Waals surface area contributed by atoms with Gasteiger partial charge in [-0.3, -0.25) is 4.99 Å². The number of hydrogen-bond donors (Lipinski definition) is 1. The van der Waals surface area contributed by atoms with Gasteiger partial charge in [0, 0.05) is 11.8 Å². The second-order valence-corrected chi connectivity index (χ2v) is 6.21. The van der Waals surface area contributed by atoms with Gasteiger partial charge in [0.05, 0.1) is 6.04 Å². The fourth-order valence-corrected chi connectivity index (χ4v) is 3.78. The van der Waals surface area contributed by atoms with Crippen LogP contribution in [0.5, 0.6) is 5.75 Å². The molecule has 3 rings (SSSR count). The van der Waals surface area contributed by atoms with Gasteiger partial charge in [-0.1, -0.05) is 31.4 Å². The normalized spacial score (nSPS) is 30.7. The SMILES string of the molecule is Cc1cccc(C=NC2CCC3CCCC3C2)c1O. The van der Waals surface area contributed by atoms with E-state index in [4.69, 9.17) is 4.99 Å². The number of nitrogens with zero attached hydrogens (tertiary/aromatic N) is 1. The van der Waals surface area contributed by atoms with E-state index in [1.807, 2.05) is 31.3 Å². The molecule has 0 aliphatic heterocycles. The van der Waals surface area contributed by atoms with Crippen LogP contribution in [0.1, 0.15) is 49.7 Å². The maximum Gasteiger partial charge on any atom is 0.127 e. The molecule has 3 atom stereocenters. The Bertz CT molecular complexity index is 480. The highest BCUT2D eigenvalue weighted by Crippen LogP contribution is 2.42. The van der Waals surface area contributed by atoms with Crippen LogP contribution in [0.15, 0.2) is 23.2 Å². The first kappa shape index (κ1) is 12.7. The van der Waals surface area contributed by atoms with E-state index in [0.29, 0.717) is 11.8 Å². The van der Waals surface area contributed by atoms with Crippen LogP contribution >= 0.6 is 0 Å². The molecule has 0 spiro atoms. The first-order chi connectivity index (χ1) is 9.24. The molecule has 0 heterocycles. The molecule has 1 aromatic rings. The number of benzene rings is 1. The predicted octanol–water partition coefficient (Wildman–Crippen LogP) is 4.09. The van der Waals surface area contributed by atoms with Gasteiger partial charge in [-0.05, 0) is 49.7 Å². The smallest absolute Gasteiger partial charge is 0.127 e. The maximum atomic E-state index is 9.99. The molecule has 3 unspecified atom stereocenters. The minimum atomic E-state index is 0.376. The summed E-state index contributed by atoms with van der Waals surface area (Å²) in [5.74, 6) is 2.28. The van der Waals surface area contributed by atoms with Crippen molar-refractivity contribution < 1.29 is 5.11 Å². The number of fused-ring (bicyclic) bond motifs is 1. The van der Waals surface area contributed by atoms with E-state index in [0.717, 1.165) is 23.0 Å². The van der Waals surface area contributed by atoms with Crippen molar-refractivity contribution in [2.75, 3.05) is 0 Å². The van der Waals surface area contributed by atoms with Crippen LogP contribution in [0.3, 0.4) is 0 Å². The first-order valence-corrected chi connectivity index (χ1v) is 7.56. The summed E-state index contributed by atoms with van der Waals surface area (Å²) in [6, 6.07) is 6.31. The predicted molar refractivity (Wildman–Crippen MR) is 78.9 cm³/mol. The quantitative estimate of drug-likeness (QED) is 0.795. The molecule has 1 aromatic carbocycles. The van der Waals surface area contributed by atoms with Gasteiger partial charge in [0.1, 0.15) is 5.75 Å². The van der Waals surface area contributed by atoms with Crippen molar-refractivity contribution in [2.45, 2.75) is 51.5 Å².